The highest BCUT2D eigenvalue weighted by Gasteiger charge is 2.17. The van der Waals surface area contributed by atoms with Crippen LogP contribution in [-0.4, -0.2) is 4.57 Å². The van der Waals surface area contributed by atoms with Crippen molar-refractivity contribution in [2.24, 2.45) is 0 Å². The molecular formula is C58H38N2O. The first-order valence-corrected chi connectivity index (χ1v) is 20.8. The maximum atomic E-state index is 6.23. The lowest BCUT2D eigenvalue weighted by atomic mass is 9.99. The molecule has 286 valence electrons. The Morgan fingerprint density at radius 3 is 1.46 bits per heavy atom. The van der Waals surface area contributed by atoms with Gasteiger partial charge in [0.1, 0.15) is 11.2 Å². The van der Waals surface area contributed by atoms with Gasteiger partial charge in [-0.3, -0.25) is 0 Å². The van der Waals surface area contributed by atoms with E-state index < -0.39 is 0 Å². The molecule has 0 atom stereocenters. The maximum absolute atomic E-state index is 6.23. The highest BCUT2D eigenvalue weighted by atomic mass is 16.3. The van der Waals surface area contributed by atoms with Crippen molar-refractivity contribution in [3.8, 4) is 39.1 Å². The lowest BCUT2D eigenvalue weighted by Gasteiger charge is -2.27. The molecule has 0 aliphatic heterocycles. The van der Waals surface area contributed by atoms with Gasteiger partial charge in [-0.2, -0.15) is 0 Å². The minimum atomic E-state index is 0.902. The maximum Gasteiger partial charge on any atom is 0.136 e. The van der Waals surface area contributed by atoms with Gasteiger partial charge in [0, 0.05) is 44.0 Å². The molecule has 0 saturated heterocycles. The molecule has 12 aromatic rings. The van der Waals surface area contributed by atoms with Crippen LogP contribution in [0.25, 0.3) is 93.6 Å². The summed E-state index contributed by atoms with van der Waals surface area (Å²) < 4.78 is 8.61. The van der Waals surface area contributed by atoms with Gasteiger partial charge in [-0.15, -0.1) is 0 Å². The molecule has 3 heteroatoms. The van der Waals surface area contributed by atoms with Gasteiger partial charge in [-0.05, 0) is 112 Å². The third-order valence-corrected chi connectivity index (χ3v) is 12.2. The number of rotatable bonds is 7. The van der Waals surface area contributed by atoms with E-state index in [1.807, 2.05) is 12.1 Å². The summed E-state index contributed by atoms with van der Waals surface area (Å²) in [5, 5.41) is 7.23. The van der Waals surface area contributed by atoms with Gasteiger partial charge in [-0.1, -0.05) is 158 Å². The van der Waals surface area contributed by atoms with Crippen LogP contribution in [0.2, 0.25) is 0 Å². The summed E-state index contributed by atoms with van der Waals surface area (Å²) >= 11 is 0. The number of furan rings is 1. The van der Waals surface area contributed by atoms with Crippen LogP contribution in [0.4, 0.5) is 17.1 Å². The van der Waals surface area contributed by atoms with Crippen molar-refractivity contribution in [3.05, 3.63) is 231 Å². The van der Waals surface area contributed by atoms with E-state index in [1.54, 1.807) is 0 Å². The number of hydrogen-bond acceptors (Lipinski definition) is 2. The van der Waals surface area contributed by atoms with Crippen LogP contribution in [0.15, 0.2) is 235 Å². The number of anilines is 3. The lowest BCUT2D eigenvalue weighted by Crippen LogP contribution is -2.10. The van der Waals surface area contributed by atoms with E-state index in [2.05, 4.69) is 228 Å². The topological polar surface area (TPSA) is 21.3 Å². The van der Waals surface area contributed by atoms with Crippen molar-refractivity contribution in [2.75, 3.05) is 4.90 Å². The van der Waals surface area contributed by atoms with Crippen LogP contribution in [0, 0.1) is 0 Å². The second-order valence-corrected chi connectivity index (χ2v) is 15.7. The third kappa shape index (κ3) is 5.98. The molecule has 0 N–H and O–H groups in total. The van der Waals surface area contributed by atoms with Crippen LogP contribution in [0.1, 0.15) is 0 Å². The van der Waals surface area contributed by atoms with E-state index in [0.717, 1.165) is 55.8 Å². The molecule has 0 aliphatic carbocycles. The highest BCUT2D eigenvalue weighted by Crippen LogP contribution is 2.41. The van der Waals surface area contributed by atoms with Crippen molar-refractivity contribution < 1.29 is 4.42 Å². The number of para-hydroxylation sites is 3. The summed E-state index contributed by atoms with van der Waals surface area (Å²) in [5.74, 6) is 0. The number of nitrogens with zero attached hydrogens (tertiary/aromatic N) is 2. The first kappa shape index (κ1) is 34.9. The average molecular weight is 779 g/mol. The summed E-state index contributed by atoms with van der Waals surface area (Å²) in [6.45, 7) is 0. The van der Waals surface area contributed by atoms with Gasteiger partial charge in [0.25, 0.3) is 0 Å². The standard InChI is InChI=1S/C58H38N2O/c1-2-15-49-43(11-1)12-10-21-54(49)59(47-34-29-42(30-35-47)45-31-36-53-52-18-5-8-22-57(52)61-58(53)38-45)46-32-27-40(28-33-46)39-23-25-41(26-24-39)44-13-9-14-48(37-44)60-55-19-6-3-16-50(55)51-17-4-7-20-56(51)60/h1-38H. The molecule has 12 rings (SSSR count). The largest absolute Gasteiger partial charge is 0.456 e. The fourth-order valence-electron chi connectivity index (χ4n) is 9.22. The second-order valence-electron chi connectivity index (χ2n) is 15.7. The second kappa shape index (κ2) is 14.3. The van der Waals surface area contributed by atoms with Gasteiger partial charge in [0.15, 0.2) is 0 Å². The molecule has 0 aliphatic rings. The first-order valence-electron chi connectivity index (χ1n) is 20.8. The summed E-state index contributed by atoms with van der Waals surface area (Å²) in [6, 6.07) is 82.9. The highest BCUT2D eigenvalue weighted by molar-refractivity contribution is 6.09. The van der Waals surface area contributed by atoms with Crippen molar-refractivity contribution in [2.45, 2.75) is 0 Å². The van der Waals surface area contributed by atoms with Crippen molar-refractivity contribution >= 4 is 71.6 Å². The van der Waals surface area contributed by atoms with Crippen LogP contribution >= 0.6 is 0 Å². The molecular weight excluding hydrogens is 741 g/mol. The van der Waals surface area contributed by atoms with Crippen molar-refractivity contribution in [1.29, 1.82) is 0 Å². The Morgan fingerprint density at radius 2 is 0.787 bits per heavy atom. The molecule has 61 heavy (non-hydrogen) atoms. The predicted octanol–water partition coefficient (Wildman–Crippen LogP) is 16.3. The van der Waals surface area contributed by atoms with Crippen LogP contribution in [-0.2, 0) is 0 Å². The van der Waals surface area contributed by atoms with E-state index in [0.29, 0.717) is 0 Å². The molecule has 0 spiro atoms. The normalized spacial score (nSPS) is 11.6. The summed E-state index contributed by atoms with van der Waals surface area (Å²) in [5.41, 5.74) is 15.7. The zero-order valence-electron chi connectivity index (χ0n) is 33.2. The Balaban J connectivity index is 0.866. The molecule has 0 fully saturated rings. The Morgan fingerprint density at radius 1 is 0.311 bits per heavy atom. The minimum absolute atomic E-state index is 0.902. The zero-order valence-corrected chi connectivity index (χ0v) is 33.2. The molecule has 0 radical (unpaired) electrons. The van der Waals surface area contributed by atoms with E-state index in [-0.39, 0.29) is 0 Å². The number of hydrogen-bond donors (Lipinski definition) is 0. The van der Waals surface area contributed by atoms with Gasteiger partial charge in [-0.25, -0.2) is 0 Å². The number of fused-ring (bicyclic) bond motifs is 7. The molecule has 0 amide bonds. The fraction of sp³-hybridized carbons (Fsp3) is 0. The lowest BCUT2D eigenvalue weighted by molar-refractivity contribution is 0.669. The monoisotopic (exact) mass is 778 g/mol. The van der Waals surface area contributed by atoms with E-state index in [1.165, 1.54) is 54.8 Å². The summed E-state index contributed by atoms with van der Waals surface area (Å²) in [7, 11) is 0. The molecule has 0 unspecified atom stereocenters. The van der Waals surface area contributed by atoms with Gasteiger partial charge >= 0.3 is 0 Å². The Labute approximate surface area is 353 Å². The minimum Gasteiger partial charge on any atom is -0.456 e. The van der Waals surface area contributed by atoms with E-state index in [9.17, 15) is 0 Å². The third-order valence-electron chi connectivity index (χ3n) is 12.2. The molecule has 0 saturated carbocycles. The van der Waals surface area contributed by atoms with Crippen molar-refractivity contribution in [3.63, 3.8) is 0 Å². The summed E-state index contributed by atoms with van der Waals surface area (Å²) in [4.78, 5) is 2.37. The van der Waals surface area contributed by atoms with Gasteiger partial charge < -0.3 is 13.9 Å². The zero-order chi connectivity index (χ0) is 40.3. The van der Waals surface area contributed by atoms with E-state index in [4.69, 9.17) is 4.42 Å². The van der Waals surface area contributed by atoms with Crippen LogP contribution < -0.4 is 4.90 Å². The van der Waals surface area contributed by atoms with Gasteiger partial charge in [0.05, 0.1) is 16.7 Å². The van der Waals surface area contributed by atoms with Crippen LogP contribution in [0.5, 0.6) is 0 Å². The van der Waals surface area contributed by atoms with Gasteiger partial charge in [0.2, 0.25) is 0 Å². The predicted molar refractivity (Wildman–Crippen MR) is 257 cm³/mol. The quantitative estimate of drug-likeness (QED) is 0.161. The molecule has 2 heterocycles. The smallest absolute Gasteiger partial charge is 0.136 e. The molecule has 2 aromatic heterocycles. The first-order chi connectivity index (χ1) is 30.2. The Kier molecular flexibility index (Phi) is 8.17. The summed E-state index contributed by atoms with van der Waals surface area (Å²) in [6.07, 6.45) is 0. The number of aromatic nitrogens is 1. The molecule has 0 bridgehead atoms. The molecule has 10 aromatic carbocycles. The SMILES string of the molecule is c1cc(-c2ccc(-c3ccc(N(c4ccc(-c5ccc6c(c5)oc5ccccc56)cc4)c4cccc5ccccc45)cc3)cc2)cc(-n2c3ccccc3c3ccccc32)c1. The van der Waals surface area contributed by atoms with Crippen molar-refractivity contribution in [1.82, 2.24) is 4.57 Å². The van der Waals surface area contributed by atoms with E-state index >= 15 is 0 Å². The molecule has 3 nitrogen and oxygen atoms in total. The van der Waals surface area contributed by atoms with Crippen LogP contribution in [0.3, 0.4) is 0 Å². The Hall–Kier alpha value is -8.14. The number of benzene rings is 10. The fourth-order valence-corrected chi connectivity index (χ4v) is 9.22. The Bertz CT molecular complexity index is 3520. The average Bonchev–Trinajstić information content (AvgIpc) is 3.88.